The van der Waals surface area contributed by atoms with E-state index in [1.54, 1.807) is 29.6 Å². The minimum atomic E-state index is -4.87. The molecule has 26 heavy (non-hydrogen) atoms. The van der Waals surface area contributed by atoms with E-state index in [9.17, 15) is 22.8 Å². The molecule has 0 radical (unpaired) electrons. The summed E-state index contributed by atoms with van der Waals surface area (Å²) in [5.74, 6) is -1.18. The molecule has 0 saturated heterocycles. The maximum Gasteiger partial charge on any atom is 0.471 e. The molecule has 0 heterocycles. The van der Waals surface area contributed by atoms with Crippen LogP contribution in [0, 0.1) is 0 Å². The van der Waals surface area contributed by atoms with Crippen molar-refractivity contribution in [3.63, 3.8) is 0 Å². The van der Waals surface area contributed by atoms with Gasteiger partial charge < -0.3 is 20.1 Å². The number of amides is 2. The molecular weight excluding hydrogens is 353 g/mol. The maximum atomic E-state index is 12.0. The molecule has 6 nitrogen and oxygen atoms in total. The Labute approximate surface area is 149 Å². The number of carbonyl (C=O) groups is 2. The van der Waals surface area contributed by atoms with Gasteiger partial charge in [-0.15, -0.1) is 0 Å². The molecule has 144 valence electrons. The van der Waals surface area contributed by atoms with Crippen molar-refractivity contribution >= 4 is 17.9 Å². The number of benzene rings is 1. The van der Waals surface area contributed by atoms with Gasteiger partial charge in [0.15, 0.2) is 11.5 Å². The molecule has 2 amide bonds. The summed E-state index contributed by atoms with van der Waals surface area (Å²) in [5, 5.41) is 4.37. The Morgan fingerprint density at radius 1 is 1.04 bits per heavy atom. The predicted octanol–water partition coefficient (Wildman–Crippen LogP) is 2.29. The number of halogens is 3. The average molecular weight is 374 g/mol. The zero-order valence-electron chi connectivity index (χ0n) is 14.5. The van der Waals surface area contributed by atoms with Crippen molar-refractivity contribution in [3.05, 3.63) is 29.8 Å². The number of nitrogens with one attached hydrogen (secondary N) is 2. The highest BCUT2D eigenvalue weighted by molar-refractivity contribution is 5.91. The third kappa shape index (κ3) is 7.45. The number of methoxy groups -OCH3 is 2. The van der Waals surface area contributed by atoms with Crippen LogP contribution < -0.4 is 20.1 Å². The number of unbranched alkanes of at least 4 members (excludes halogenated alkanes) is 1. The molecule has 1 aromatic carbocycles. The van der Waals surface area contributed by atoms with Gasteiger partial charge in [-0.3, -0.25) is 9.59 Å². The summed E-state index contributed by atoms with van der Waals surface area (Å²) in [4.78, 5) is 22.3. The minimum Gasteiger partial charge on any atom is -0.493 e. The largest absolute Gasteiger partial charge is 0.493 e. The second-order valence-electron chi connectivity index (χ2n) is 5.20. The highest BCUT2D eigenvalue weighted by atomic mass is 19.4. The molecular formula is C17H21F3N2O4. The van der Waals surface area contributed by atoms with Crippen LogP contribution in [-0.2, 0) is 9.59 Å². The molecule has 1 aromatic rings. The lowest BCUT2D eigenvalue weighted by Gasteiger charge is -2.08. The fourth-order valence-corrected chi connectivity index (χ4v) is 1.95. The maximum absolute atomic E-state index is 12.0. The van der Waals surface area contributed by atoms with E-state index < -0.39 is 12.1 Å². The summed E-state index contributed by atoms with van der Waals surface area (Å²) in [7, 11) is 3.03. The summed E-state index contributed by atoms with van der Waals surface area (Å²) in [5.41, 5.74) is 0.743. The summed E-state index contributed by atoms with van der Waals surface area (Å²) in [6.07, 6.45) is -1.17. The quantitative estimate of drug-likeness (QED) is 0.514. The van der Waals surface area contributed by atoms with Crippen molar-refractivity contribution in [2.75, 3.05) is 27.3 Å². The Balaban J connectivity index is 2.30. The Morgan fingerprint density at radius 3 is 2.23 bits per heavy atom. The zero-order chi connectivity index (χ0) is 19.6. The average Bonchev–Trinajstić information content (AvgIpc) is 2.61. The molecule has 0 aliphatic rings. The van der Waals surface area contributed by atoms with Gasteiger partial charge in [0.25, 0.3) is 0 Å². The lowest BCUT2D eigenvalue weighted by atomic mass is 10.2. The van der Waals surface area contributed by atoms with Gasteiger partial charge in [0.05, 0.1) is 14.2 Å². The SMILES string of the molecule is COc1ccc(/C=C/C(=O)NCCCCNC(=O)C(F)(F)F)cc1OC. The first kappa shape index (κ1) is 21.3. The van der Waals surface area contributed by atoms with Gasteiger partial charge in [-0.25, -0.2) is 0 Å². The van der Waals surface area contributed by atoms with Gasteiger partial charge in [-0.1, -0.05) is 6.07 Å². The van der Waals surface area contributed by atoms with E-state index in [1.807, 2.05) is 0 Å². The number of rotatable bonds is 9. The fourth-order valence-electron chi connectivity index (χ4n) is 1.95. The van der Waals surface area contributed by atoms with Crippen LogP contribution >= 0.6 is 0 Å². The van der Waals surface area contributed by atoms with Gasteiger partial charge in [-0.2, -0.15) is 13.2 Å². The molecule has 0 fully saturated rings. The molecule has 1 rings (SSSR count). The molecule has 0 bridgehead atoms. The third-order valence-electron chi connectivity index (χ3n) is 3.28. The fraction of sp³-hybridized carbons (Fsp3) is 0.412. The van der Waals surface area contributed by atoms with Crippen LogP contribution in [0.25, 0.3) is 6.08 Å². The van der Waals surface area contributed by atoms with Crippen LogP contribution in [0.15, 0.2) is 24.3 Å². The van der Waals surface area contributed by atoms with Gasteiger partial charge in [-0.05, 0) is 36.6 Å². The molecule has 0 aliphatic carbocycles. The molecule has 0 saturated carbocycles. The first-order valence-electron chi connectivity index (χ1n) is 7.81. The van der Waals surface area contributed by atoms with Gasteiger partial charge >= 0.3 is 12.1 Å². The van der Waals surface area contributed by atoms with Crippen molar-refractivity contribution in [3.8, 4) is 11.5 Å². The third-order valence-corrected chi connectivity index (χ3v) is 3.28. The highest BCUT2D eigenvalue weighted by Gasteiger charge is 2.38. The zero-order valence-corrected chi connectivity index (χ0v) is 14.5. The number of alkyl halides is 3. The van der Waals surface area contributed by atoms with E-state index >= 15 is 0 Å². The predicted molar refractivity (Wildman–Crippen MR) is 89.9 cm³/mol. The van der Waals surface area contributed by atoms with Crippen molar-refractivity contribution in [1.29, 1.82) is 0 Å². The second-order valence-corrected chi connectivity index (χ2v) is 5.20. The van der Waals surface area contributed by atoms with Crippen LogP contribution in [0.2, 0.25) is 0 Å². The van der Waals surface area contributed by atoms with Crippen LogP contribution in [0.5, 0.6) is 11.5 Å². The lowest BCUT2D eigenvalue weighted by molar-refractivity contribution is -0.173. The van der Waals surface area contributed by atoms with Crippen molar-refractivity contribution in [2.24, 2.45) is 0 Å². The molecule has 0 atom stereocenters. The molecule has 2 N–H and O–H groups in total. The van der Waals surface area contributed by atoms with E-state index in [-0.39, 0.29) is 19.0 Å². The Kier molecular flexibility index (Phi) is 8.47. The van der Waals surface area contributed by atoms with Crippen molar-refractivity contribution < 1.29 is 32.2 Å². The molecule has 0 aliphatic heterocycles. The summed E-state index contributed by atoms with van der Waals surface area (Å²) >= 11 is 0. The van der Waals surface area contributed by atoms with Crippen molar-refractivity contribution in [1.82, 2.24) is 10.6 Å². The van der Waals surface area contributed by atoms with E-state index in [0.717, 1.165) is 5.56 Å². The second kappa shape index (κ2) is 10.3. The van der Waals surface area contributed by atoms with Crippen LogP contribution in [0.4, 0.5) is 13.2 Å². The minimum absolute atomic E-state index is 0.101. The van der Waals surface area contributed by atoms with Gasteiger partial charge in [0.2, 0.25) is 5.91 Å². The number of hydrogen-bond acceptors (Lipinski definition) is 4. The topological polar surface area (TPSA) is 76.7 Å². The summed E-state index contributed by atoms with van der Waals surface area (Å²) in [6, 6.07) is 5.19. The van der Waals surface area contributed by atoms with Crippen molar-refractivity contribution in [2.45, 2.75) is 19.0 Å². The number of carbonyl (C=O) groups excluding carboxylic acids is 2. The van der Waals surface area contributed by atoms with Crippen LogP contribution in [-0.4, -0.2) is 45.3 Å². The lowest BCUT2D eigenvalue weighted by Crippen LogP contribution is -2.37. The molecule has 0 spiro atoms. The Bertz CT molecular complexity index is 645. The number of hydrogen-bond donors (Lipinski definition) is 2. The van der Waals surface area contributed by atoms with Gasteiger partial charge in [0, 0.05) is 19.2 Å². The molecule has 9 heteroatoms. The van der Waals surface area contributed by atoms with E-state index in [0.29, 0.717) is 24.3 Å². The van der Waals surface area contributed by atoms with Crippen LogP contribution in [0.3, 0.4) is 0 Å². The summed E-state index contributed by atoms with van der Waals surface area (Å²) in [6.45, 7) is 0.187. The standard InChI is InChI=1S/C17H21F3N2O4/c1-25-13-7-5-12(11-14(13)26-2)6-8-15(23)21-9-3-4-10-22-16(24)17(18,19)20/h5-8,11H,3-4,9-10H2,1-2H3,(H,21,23)(H,22,24)/b8-6+. The van der Waals surface area contributed by atoms with E-state index in [1.165, 1.54) is 20.3 Å². The first-order valence-corrected chi connectivity index (χ1v) is 7.81. The molecule has 0 aromatic heterocycles. The van der Waals surface area contributed by atoms with Gasteiger partial charge in [0.1, 0.15) is 0 Å². The van der Waals surface area contributed by atoms with E-state index in [2.05, 4.69) is 5.32 Å². The highest BCUT2D eigenvalue weighted by Crippen LogP contribution is 2.27. The monoisotopic (exact) mass is 374 g/mol. The Morgan fingerprint density at radius 2 is 1.65 bits per heavy atom. The smallest absolute Gasteiger partial charge is 0.471 e. The van der Waals surface area contributed by atoms with E-state index in [4.69, 9.17) is 9.47 Å². The first-order chi connectivity index (χ1) is 12.3. The Hall–Kier alpha value is -2.71. The van der Waals surface area contributed by atoms with Crippen LogP contribution in [0.1, 0.15) is 18.4 Å². The normalized spacial score (nSPS) is 11.3. The molecule has 0 unspecified atom stereocenters. The number of ether oxygens (including phenoxy) is 2. The summed E-state index contributed by atoms with van der Waals surface area (Å²) < 4.78 is 46.1.